The second-order valence-corrected chi connectivity index (χ2v) is 4.88. The number of halogens is 2. The van der Waals surface area contributed by atoms with E-state index in [1.165, 1.54) is 0 Å². The van der Waals surface area contributed by atoms with Crippen LogP contribution in [0.5, 0.6) is 0 Å². The lowest BCUT2D eigenvalue weighted by Gasteiger charge is -2.33. The van der Waals surface area contributed by atoms with Crippen molar-refractivity contribution in [2.24, 2.45) is 5.41 Å². The van der Waals surface area contributed by atoms with E-state index in [1.54, 1.807) is 20.8 Å². The van der Waals surface area contributed by atoms with Crippen molar-refractivity contribution in [2.75, 3.05) is 6.61 Å². The Balaban J connectivity index is 4.92. The quantitative estimate of drug-likeness (QED) is 0.746. The molecule has 3 nitrogen and oxygen atoms in total. The number of hydrogen-bond acceptors (Lipinski definition) is 3. The van der Waals surface area contributed by atoms with E-state index < -0.39 is 29.5 Å². The molecule has 0 aliphatic heterocycles. The van der Waals surface area contributed by atoms with E-state index in [2.05, 4.69) is 0 Å². The van der Waals surface area contributed by atoms with Gasteiger partial charge in [-0.1, -0.05) is 0 Å². The minimum atomic E-state index is -3.33. The van der Waals surface area contributed by atoms with Gasteiger partial charge in [-0.05, 0) is 27.7 Å². The van der Waals surface area contributed by atoms with E-state index in [0.717, 1.165) is 6.92 Å². The first-order valence-electron chi connectivity index (χ1n) is 4.66. The normalized spacial score (nSPS) is 17.1. The maximum Gasteiger partial charge on any atom is 0.320 e. The summed E-state index contributed by atoms with van der Waals surface area (Å²) in [4.78, 5) is 11.5. The second-order valence-electron chi connectivity index (χ2n) is 4.88. The van der Waals surface area contributed by atoms with Crippen LogP contribution in [0.1, 0.15) is 34.6 Å². The van der Waals surface area contributed by atoms with Gasteiger partial charge < -0.3 is 9.84 Å². The number of alkyl halides is 2. The van der Waals surface area contributed by atoms with Gasteiger partial charge in [0.15, 0.2) is 5.41 Å². The largest absolute Gasteiger partial charge is 0.459 e. The lowest BCUT2D eigenvalue weighted by atomic mass is 9.85. The Morgan fingerprint density at radius 2 is 1.60 bits per heavy atom. The van der Waals surface area contributed by atoms with Crippen molar-refractivity contribution in [3.63, 3.8) is 0 Å². The molecule has 0 aliphatic rings. The summed E-state index contributed by atoms with van der Waals surface area (Å²) in [6.45, 7) is 5.36. The molecule has 0 bridgehead atoms. The number of carbonyl (C=O) groups excluding carboxylic acids is 1. The average Bonchev–Trinajstić information content (AvgIpc) is 1.97. The molecule has 0 saturated carbocycles. The van der Waals surface area contributed by atoms with E-state index in [1.807, 2.05) is 0 Å². The molecule has 0 saturated heterocycles. The number of rotatable bonds is 3. The Bertz CT molecular complexity index is 240. The highest BCUT2D eigenvalue weighted by Crippen LogP contribution is 2.37. The standard InChI is InChI=1S/C10H18F2O3/c1-8(2,3)15-7(14)9(4,6-13)10(5,11)12/h13H,6H2,1-5H3. The SMILES string of the molecule is CC(C)(C)OC(=O)C(C)(CO)C(C)(F)F. The van der Waals surface area contributed by atoms with E-state index in [-0.39, 0.29) is 0 Å². The van der Waals surface area contributed by atoms with Gasteiger partial charge >= 0.3 is 5.97 Å². The lowest BCUT2D eigenvalue weighted by Crippen LogP contribution is -2.49. The summed E-state index contributed by atoms with van der Waals surface area (Å²) in [6.07, 6.45) is 0. The van der Waals surface area contributed by atoms with Gasteiger partial charge in [0.2, 0.25) is 0 Å². The Labute approximate surface area is 88.4 Å². The Kier molecular flexibility index (Phi) is 3.85. The van der Waals surface area contributed by atoms with Gasteiger partial charge in [0.05, 0.1) is 6.61 Å². The fraction of sp³-hybridized carbons (Fsp3) is 0.900. The predicted octanol–water partition coefficient (Wildman–Crippen LogP) is 1.98. The number of hydrogen-bond donors (Lipinski definition) is 1. The number of aliphatic hydroxyl groups is 1. The predicted molar refractivity (Wildman–Crippen MR) is 51.7 cm³/mol. The average molecular weight is 224 g/mol. The molecule has 1 atom stereocenters. The van der Waals surface area contributed by atoms with Crippen LogP contribution in [0.2, 0.25) is 0 Å². The van der Waals surface area contributed by atoms with Gasteiger partial charge in [-0.25, -0.2) is 8.78 Å². The fourth-order valence-corrected chi connectivity index (χ4v) is 0.773. The number of aliphatic hydroxyl groups excluding tert-OH is 1. The number of esters is 1. The molecule has 0 amide bonds. The number of ether oxygens (including phenoxy) is 1. The zero-order chi connectivity index (χ0) is 12.5. The van der Waals surface area contributed by atoms with Gasteiger partial charge in [0.1, 0.15) is 5.60 Å². The molecule has 0 aromatic rings. The van der Waals surface area contributed by atoms with Crippen molar-refractivity contribution >= 4 is 5.97 Å². The zero-order valence-corrected chi connectivity index (χ0v) is 9.73. The monoisotopic (exact) mass is 224 g/mol. The van der Waals surface area contributed by atoms with E-state index in [0.29, 0.717) is 6.92 Å². The second kappa shape index (κ2) is 4.04. The van der Waals surface area contributed by atoms with Crippen LogP contribution in [0, 0.1) is 5.41 Å². The number of carbonyl (C=O) groups is 1. The summed E-state index contributed by atoms with van der Waals surface area (Å²) in [5.41, 5.74) is -3.04. The van der Waals surface area contributed by atoms with Crippen LogP contribution < -0.4 is 0 Å². The first kappa shape index (κ1) is 14.3. The summed E-state index contributed by atoms with van der Waals surface area (Å²) in [6, 6.07) is 0. The molecule has 90 valence electrons. The fourth-order valence-electron chi connectivity index (χ4n) is 0.773. The minimum absolute atomic E-state index is 0.590. The molecule has 1 unspecified atom stereocenters. The Morgan fingerprint density at radius 1 is 1.20 bits per heavy atom. The molecule has 0 aliphatic carbocycles. The van der Waals surface area contributed by atoms with Crippen molar-refractivity contribution in [3.05, 3.63) is 0 Å². The molecule has 1 N–H and O–H groups in total. The van der Waals surface area contributed by atoms with Crippen LogP contribution in [0.4, 0.5) is 8.78 Å². The molecule has 15 heavy (non-hydrogen) atoms. The third-order valence-corrected chi connectivity index (χ3v) is 2.13. The summed E-state index contributed by atoms with van der Waals surface area (Å²) in [5.74, 6) is -4.42. The van der Waals surface area contributed by atoms with Crippen LogP contribution >= 0.6 is 0 Å². The third-order valence-electron chi connectivity index (χ3n) is 2.13. The molecular weight excluding hydrogens is 206 g/mol. The molecule has 0 aromatic heterocycles. The highest BCUT2D eigenvalue weighted by molar-refractivity contribution is 5.78. The molecule has 0 rings (SSSR count). The topological polar surface area (TPSA) is 46.5 Å². The molecule has 0 spiro atoms. The molecule has 0 heterocycles. The molecule has 0 fully saturated rings. The summed E-state index contributed by atoms with van der Waals surface area (Å²) in [5, 5.41) is 8.91. The smallest absolute Gasteiger partial charge is 0.320 e. The summed E-state index contributed by atoms with van der Waals surface area (Å²) in [7, 11) is 0. The van der Waals surface area contributed by atoms with Gasteiger partial charge in [-0.3, -0.25) is 4.79 Å². The first-order chi connectivity index (χ1) is 6.44. The van der Waals surface area contributed by atoms with Gasteiger partial charge in [-0.15, -0.1) is 0 Å². The maximum atomic E-state index is 13.1. The van der Waals surface area contributed by atoms with Crippen LogP contribution in [0.3, 0.4) is 0 Å². The molecular formula is C10H18F2O3. The minimum Gasteiger partial charge on any atom is -0.459 e. The zero-order valence-electron chi connectivity index (χ0n) is 9.73. The van der Waals surface area contributed by atoms with Crippen molar-refractivity contribution in [1.82, 2.24) is 0 Å². The van der Waals surface area contributed by atoms with Gasteiger partial charge in [-0.2, -0.15) is 0 Å². The van der Waals surface area contributed by atoms with Crippen molar-refractivity contribution in [1.29, 1.82) is 0 Å². The first-order valence-corrected chi connectivity index (χ1v) is 4.66. The molecule has 5 heteroatoms. The highest BCUT2D eigenvalue weighted by atomic mass is 19.3. The lowest BCUT2D eigenvalue weighted by molar-refractivity contribution is -0.195. The van der Waals surface area contributed by atoms with Crippen LogP contribution in [-0.2, 0) is 9.53 Å². The van der Waals surface area contributed by atoms with E-state index in [4.69, 9.17) is 9.84 Å². The van der Waals surface area contributed by atoms with Crippen molar-refractivity contribution in [3.8, 4) is 0 Å². The van der Waals surface area contributed by atoms with Crippen LogP contribution in [0.25, 0.3) is 0 Å². The van der Waals surface area contributed by atoms with Crippen LogP contribution in [-0.4, -0.2) is 29.2 Å². The third kappa shape index (κ3) is 3.41. The Morgan fingerprint density at radius 3 is 1.80 bits per heavy atom. The maximum absolute atomic E-state index is 13.1. The van der Waals surface area contributed by atoms with Gasteiger partial charge in [0.25, 0.3) is 5.92 Å². The molecule has 0 radical (unpaired) electrons. The van der Waals surface area contributed by atoms with Crippen molar-refractivity contribution in [2.45, 2.75) is 46.1 Å². The summed E-state index contributed by atoms with van der Waals surface area (Å²) < 4.78 is 31.1. The molecule has 0 aromatic carbocycles. The van der Waals surface area contributed by atoms with E-state index >= 15 is 0 Å². The highest BCUT2D eigenvalue weighted by Gasteiger charge is 2.53. The van der Waals surface area contributed by atoms with E-state index in [9.17, 15) is 13.6 Å². The van der Waals surface area contributed by atoms with Gasteiger partial charge in [0, 0.05) is 6.92 Å². The summed E-state index contributed by atoms with van der Waals surface area (Å²) >= 11 is 0. The Hall–Kier alpha value is -0.710. The van der Waals surface area contributed by atoms with Crippen LogP contribution in [0.15, 0.2) is 0 Å². The van der Waals surface area contributed by atoms with Crippen molar-refractivity contribution < 1.29 is 23.4 Å².